The van der Waals surface area contributed by atoms with Crippen molar-refractivity contribution in [3.05, 3.63) is 54.6 Å². The zero-order valence-corrected chi connectivity index (χ0v) is 15.9. The van der Waals surface area contributed by atoms with Gasteiger partial charge in [0.15, 0.2) is 5.16 Å². The van der Waals surface area contributed by atoms with E-state index in [0.717, 1.165) is 16.4 Å². The van der Waals surface area contributed by atoms with Gasteiger partial charge in [-0.25, -0.2) is 4.68 Å². The second-order valence-corrected chi connectivity index (χ2v) is 7.22. The van der Waals surface area contributed by atoms with Crippen molar-refractivity contribution in [1.29, 1.82) is 0 Å². The highest BCUT2D eigenvalue weighted by molar-refractivity contribution is 7.99. The zero-order chi connectivity index (χ0) is 18.5. The van der Waals surface area contributed by atoms with Gasteiger partial charge in [0.2, 0.25) is 5.91 Å². The van der Waals surface area contributed by atoms with Crippen molar-refractivity contribution in [2.45, 2.75) is 31.6 Å². The molecule has 136 valence electrons. The van der Waals surface area contributed by atoms with Crippen molar-refractivity contribution < 1.29 is 4.79 Å². The molecule has 3 rings (SSSR count). The normalized spacial score (nSPS) is 11.1. The second-order valence-electron chi connectivity index (χ2n) is 6.28. The Morgan fingerprint density at radius 2 is 2.04 bits per heavy atom. The first-order chi connectivity index (χ1) is 12.5. The van der Waals surface area contributed by atoms with Crippen LogP contribution in [0.15, 0.2) is 54.2 Å². The van der Waals surface area contributed by atoms with E-state index in [1.165, 1.54) is 11.8 Å². The van der Waals surface area contributed by atoms with Gasteiger partial charge in [-0.05, 0) is 26.0 Å². The largest absolute Gasteiger partial charge is 0.341 e. The third kappa shape index (κ3) is 4.32. The maximum absolute atomic E-state index is 12.4. The van der Waals surface area contributed by atoms with Crippen molar-refractivity contribution in [2.75, 3.05) is 12.8 Å². The Morgan fingerprint density at radius 3 is 2.77 bits per heavy atom. The average Bonchev–Trinajstić information content (AvgIpc) is 3.29. The molecule has 2 aromatic heterocycles. The van der Waals surface area contributed by atoms with Crippen LogP contribution >= 0.6 is 11.8 Å². The minimum Gasteiger partial charge on any atom is -0.341 e. The molecule has 0 atom stereocenters. The zero-order valence-electron chi connectivity index (χ0n) is 15.1. The smallest absolute Gasteiger partial charge is 0.233 e. The summed E-state index contributed by atoms with van der Waals surface area (Å²) in [6.45, 7) is 4.64. The number of carbonyl (C=O) groups excluding carboxylic acids is 1. The van der Waals surface area contributed by atoms with Gasteiger partial charge in [0.1, 0.15) is 6.33 Å². The molecule has 0 saturated carbocycles. The summed E-state index contributed by atoms with van der Waals surface area (Å²) < 4.78 is 3.77. The maximum Gasteiger partial charge on any atom is 0.233 e. The van der Waals surface area contributed by atoms with Crippen LogP contribution in [0.3, 0.4) is 0 Å². The molecule has 1 aromatic carbocycles. The van der Waals surface area contributed by atoms with Gasteiger partial charge < -0.3 is 9.47 Å². The number of hydrogen-bond acceptors (Lipinski definition) is 5. The lowest BCUT2D eigenvalue weighted by Gasteiger charge is -2.16. The third-order valence-corrected chi connectivity index (χ3v) is 4.87. The summed E-state index contributed by atoms with van der Waals surface area (Å²) in [6.07, 6.45) is 5.43. The molecular formula is C18H22N6OS. The molecule has 0 aliphatic heterocycles. The Kier molecular flexibility index (Phi) is 5.72. The Hall–Kier alpha value is -2.61. The Labute approximate surface area is 157 Å². The first kappa shape index (κ1) is 18.2. The number of para-hydroxylation sites is 1. The Morgan fingerprint density at radius 1 is 1.27 bits per heavy atom. The van der Waals surface area contributed by atoms with Crippen molar-refractivity contribution >= 4 is 17.7 Å². The highest BCUT2D eigenvalue weighted by Gasteiger charge is 2.14. The SMILES string of the molecule is CC(C)n1cnnc1SCC(=O)N(C)Cc1cnn(-c2ccccc2)c1. The summed E-state index contributed by atoms with van der Waals surface area (Å²) in [4.78, 5) is 14.1. The summed E-state index contributed by atoms with van der Waals surface area (Å²) in [7, 11) is 1.80. The van der Waals surface area contributed by atoms with Gasteiger partial charge in [0, 0.05) is 31.4 Å². The molecule has 0 spiro atoms. The van der Waals surface area contributed by atoms with Crippen LogP contribution in [0.2, 0.25) is 0 Å². The van der Waals surface area contributed by atoms with E-state index in [9.17, 15) is 4.79 Å². The second kappa shape index (κ2) is 8.18. The quantitative estimate of drug-likeness (QED) is 0.598. The van der Waals surface area contributed by atoms with Gasteiger partial charge in [-0.1, -0.05) is 30.0 Å². The summed E-state index contributed by atoms with van der Waals surface area (Å²) in [5.74, 6) is 0.370. The van der Waals surface area contributed by atoms with Crippen LogP contribution in [-0.2, 0) is 11.3 Å². The fourth-order valence-corrected chi connectivity index (χ4v) is 3.44. The molecule has 0 aliphatic carbocycles. The van der Waals surface area contributed by atoms with Crippen molar-refractivity contribution in [3.63, 3.8) is 0 Å². The molecular weight excluding hydrogens is 348 g/mol. The molecule has 0 saturated heterocycles. The van der Waals surface area contributed by atoms with Gasteiger partial charge in [0.05, 0.1) is 17.6 Å². The fourth-order valence-electron chi connectivity index (χ4n) is 2.45. The highest BCUT2D eigenvalue weighted by Crippen LogP contribution is 2.19. The first-order valence-corrected chi connectivity index (χ1v) is 9.38. The summed E-state index contributed by atoms with van der Waals surface area (Å²) in [5.41, 5.74) is 1.98. The van der Waals surface area contributed by atoms with E-state index in [4.69, 9.17) is 0 Å². The summed E-state index contributed by atoms with van der Waals surface area (Å²) in [5, 5.41) is 13.1. The monoisotopic (exact) mass is 370 g/mol. The number of benzene rings is 1. The van der Waals surface area contributed by atoms with Gasteiger partial charge >= 0.3 is 0 Å². The molecule has 0 unspecified atom stereocenters. The van der Waals surface area contributed by atoms with E-state index in [1.54, 1.807) is 24.5 Å². The lowest BCUT2D eigenvalue weighted by Crippen LogP contribution is -2.27. The predicted octanol–water partition coefficient (Wildman–Crippen LogP) is 2.80. The van der Waals surface area contributed by atoms with E-state index in [1.807, 2.05) is 45.8 Å². The van der Waals surface area contributed by atoms with Crippen LogP contribution in [0.5, 0.6) is 0 Å². The molecule has 7 nitrogen and oxygen atoms in total. The number of nitrogens with zero attached hydrogens (tertiary/aromatic N) is 6. The van der Waals surface area contributed by atoms with Crippen LogP contribution in [-0.4, -0.2) is 48.2 Å². The van der Waals surface area contributed by atoms with Crippen LogP contribution in [0.25, 0.3) is 5.69 Å². The van der Waals surface area contributed by atoms with Crippen LogP contribution in [0, 0.1) is 0 Å². The number of hydrogen-bond donors (Lipinski definition) is 0. The molecule has 8 heteroatoms. The molecule has 1 amide bonds. The molecule has 2 heterocycles. The van der Waals surface area contributed by atoms with Gasteiger partial charge in [0.25, 0.3) is 0 Å². The van der Waals surface area contributed by atoms with E-state index < -0.39 is 0 Å². The molecule has 0 radical (unpaired) electrons. The van der Waals surface area contributed by atoms with Crippen molar-refractivity contribution in [1.82, 2.24) is 29.4 Å². The highest BCUT2D eigenvalue weighted by atomic mass is 32.2. The molecule has 0 bridgehead atoms. The molecule has 3 aromatic rings. The number of aromatic nitrogens is 5. The van der Waals surface area contributed by atoms with Crippen molar-refractivity contribution in [3.8, 4) is 5.69 Å². The topological polar surface area (TPSA) is 68.8 Å². The average molecular weight is 370 g/mol. The van der Waals surface area contributed by atoms with E-state index >= 15 is 0 Å². The summed E-state index contributed by atoms with van der Waals surface area (Å²) in [6, 6.07) is 10.2. The van der Waals surface area contributed by atoms with Gasteiger partial charge in [-0.3, -0.25) is 4.79 Å². The molecule has 0 N–H and O–H groups in total. The summed E-state index contributed by atoms with van der Waals surface area (Å²) >= 11 is 1.41. The van der Waals surface area contributed by atoms with Crippen molar-refractivity contribution in [2.24, 2.45) is 0 Å². The molecule has 0 fully saturated rings. The van der Waals surface area contributed by atoms with Crippen LogP contribution < -0.4 is 0 Å². The van der Waals surface area contributed by atoms with Crippen LogP contribution in [0.4, 0.5) is 0 Å². The number of carbonyl (C=O) groups is 1. The van der Waals surface area contributed by atoms with E-state index in [2.05, 4.69) is 29.1 Å². The Bertz CT molecular complexity index is 857. The maximum atomic E-state index is 12.4. The number of amides is 1. The minimum atomic E-state index is 0.0424. The standard InChI is InChI=1S/C18H22N6OS/c1-14(2)23-13-19-21-18(23)26-12-17(25)22(3)10-15-9-20-24(11-15)16-7-5-4-6-8-16/h4-9,11,13-14H,10,12H2,1-3H3. The lowest BCUT2D eigenvalue weighted by molar-refractivity contribution is -0.127. The third-order valence-electron chi connectivity index (χ3n) is 3.92. The van der Waals surface area contributed by atoms with Gasteiger partial charge in [-0.2, -0.15) is 5.10 Å². The van der Waals surface area contributed by atoms with E-state index in [-0.39, 0.29) is 11.9 Å². The Balaban J connectivity index is 1.56. The van der Waals surface area contributed by atoms with Gasteiger partial charge in [-0.15, -0.1) is 10.2 Å². The number of rotatable bonds is 7. The lowest BCUT2D eigenvalue weighted by atomic mass is 10.3. The van der Waals surface area contributed by atoms with E-state index in [0.29, 0.717) is 12.3 Å². The molecule has 0 aliphatic rings. The fraction of sp³-hybridized carbons (Fsp3) is 0.333. The molecule has 26 heavy (non-hydrogen) atoms. The first-order valence-electron chi connectivity index (χ1n) is 8.40. The minimum absolute atomic E-state index is 0.0424. The predicted molar refractivity (Wildman–Crippen MR) is 101 cm³/mol. The van der Waals surface area contributed by atoms with Crippen LogP contribution in [0.1, 0.15) is 25.5 Å². The number of thioether (sulfide) groups is 1.